The molecule has 1 unspecified atom stereocenters. The molecule has 1 aromatic heterocycles. The highest BCUT2D eigenvalue weighted by atomic mass is 16.5. The van der Waals surface area contributed by atoms with Gasteiger partial charge in [0.25, 0.3) is 5.91 Å². The molecule has 31 heavy (non-hydrogen) atoms. The summed E-state index contributed by atoms with van der Waals surface area (Å²) >= 11 is 0. The van der Waals surface area contributed by atoms with Crippen LogP contribution in [0.15, 0.2) is 54.7 Å². The number of hydrogen-bond donors (Lipinski definition) is 1. The Kier molecular flexibility index (Phi) is 5.08. The summed E-state index contributed by atoms with van der Waals surface area (Å²) in [5.74, 6) is -0.0650. The third kappa shape index (κ3) is 3.64. The van der Waals surface area contributed by atoms with E-state index < -0.39 is 0 Å². The predicted molar refractivity (Wildman–Crippen MR) is 122 cm³/mol. The standard InChI is InChI=1S/C25H25N3O3/c1-27-22-10-4-3-9-20(22)21(25(27)30)13-17-15-28(23-11-5-2-8-19(17)23)16-24(29)26-14-18-7-6-12-31-18/h2-5,8-11,13,15,18H,6-7,12,14,16H2,1H3,(H,26,29)/b21-13+. The van der Waals surface area contributed by atoms with Gasteiger partial charge in [0, 0.05) is 54.0 Å². The molecular formula is C25H25N3O3. The molecule has 2 aliphatic heterocycles. The Bertz CT molecular complexity index is 1190. The zero-order chi connectivity index (χ0) is 21.4. The number of likely N-dealkylation sites (N-methyl/N-ethyl adjacent to an activating group) is 1. The lowest BCUT2D eigenvalue weighted by molar-refractivity contribution is -0.122. The molecule has 0 aliphatic carbocycles. The minimum atomic E-state index is -0.0440. The van der Waals surface area contributed by atoms with Gasteiger partial charge in [-0.3, -0.25) is 9.59 Å². The zero-order valence-electron chi connectivity index (χ0n) is 17.5. The van der Waals surface area contributed by atoms with Crippen LogP contribution < -0.4 is 10.2 Å². The monoisotopic (exact) mass is 415 g/mol. The van der Waals surface area contributed by atoms with E-state index in [2.05, 4.69) is 5.32 Å². The van der Waals surface area contributed by atoms with Crippen LogP contribution in [0.25, 0.3) is 22.6 Å². The van der Waals surface area contributed by atoms with Gasteiger partial charge in [-0.05, 0) is 31.1 Å². The fraction of sp³-hybridized carbons (Fsp3) is 0.280. The van der Waals surface area contributed by atoms with Crippen LogP contribution in [0.4, 0.5) is 5.69 Å². The van der Waals surface area contributed by atoms with E-state index >= 15 is 0 Å². The van der Waals surface area contributed by atoms with Gasteiger partial charge in [0.15, 0.2) is 0 Å². The highest BCUT2D eigenvalue weighted by Gasteiger charge is 2.29. The van der Waals surface area contributed by atoms with Gasteiger partial charge in [-0.2, -0.15) is 0 Å². The van der Waals surface area contributed by atoms with Gasteiger partial charge >= 0.3 is 0 Å². The molecule has 0 radical (unpaired) electrons. The first kappa shape index (κ1) is 19.6. The lowest BCUT2D eigenvalue weighted by atomic mass is 10.0. The number of anilines is 1. The number of aromatic nitrogens is 1. The number of hydrogen-bond acceptors (Lipinski definition) is 3. The summed E-state index contributed by atoms with van der Waals surface area (Å²) in [5.41, 5.74) is 4.41. The van der Waals surface area contributed by atoms with Crippen LogP contribution in [-0.2, 0) is 20.9 Å². The Morgan fingerprint density at radius 3 is 2.84 bits per heavy atom. The van der Waals surface area contributed by atoms with Crippen LogP contribution in [0.5, 0.6) is 0 Å². The maximum Gasteiger partial charge on any atom is 0.258 e. The Labute approximate surface area is 181 Å². The first-order valence-corrected chi connectivity index (χ1v) is 10.7. The normalized spacial score (nSPS) is 19.4. The summed E-state index contributed by atoms with van der Waals surface area (Å²) in [4.78, 5) is 27.1. The number of ether oxygens (including phenoxy) is 1. The topological polar surface area (TPSA) is 63.6 Å². The number of carbonyl (C=O) groups excluding carboxylic acids is 2. The third-order valence-corrected chi connectivity index (χ3v) is 6.07. The molecule has 2 aromatic carbocycles. The Morgan fingerprint density at radius 2 is 2.00 bits per heavy atom. The van der Waals surface area contributed by atoms with Gasteiger partial charge in [0.05, 0.1) is 11.8 Å². The van der Waals surface area contributed by atoms with Crippen molar-refractivity contribution in [3.63, 3.8) is 0 Å². The van der Waals surface area contributed by atoms with Crippen LogP contribution in [-0.4, -0.2) is 42.7 Å². The van der Waals surface area contributed by atoms with Crippen molar-refractivity contribution in [2.75, 3.05) is 25.1 Å². The van der Waals surface area contributed by atoms with E-state index in [0.717, 1.165) is 47.2 Å². The number of benzene rings is 2. The summed E-state index contributed by atoms with van der Waals surface area (Å²) in [5, 5.41) is 4.00. The molecule has 2 aliphatic rings. The predicted octanol–water partition coefficient (Wildman–Crippen LogP) is 3.45. The molecule has 3 heterocycles. The fourth-order valence-corrected chi connectivity index (χ4v) is 4.46. The van der Waals surface area contributed by atoms with Crippen LogP contribution in [0.3, 0.4) is 0 Å². The van der Waals surface area contributed by atoms with E-state index in [-0.39, 0.29) is 24.5 Å². The number of amides is 2. The van der Waals surface area contributed by atoms with Crippen molar-refractivity contribution in [1.29, 1.82) is 0 Å². The molecule has 1 fully saturated rings. The van der Waals surface area contributed by atoms with E-state index in [9.17, 15) is 9.59 Å². The Morgan fingerprint density at radius 1 is 1.19 bits per heavy atom. The zero-order valence-corrected chi connectivity index (χ0v) is 17.5. The first-order chi connectivity index (χ1) is 15.1. The summed E-state index contributed by atoms with van der Waals surface area (Å²) in [6.07, 6.45) is 6.06. The van der Waals surface area contributed by atoms with Crippen LogP contribution >= 0.6 is 0 Å². The quantitative estimate of drug-likeness (QED) is 0.649. The molecule has 5 rings (SSSR count). The van der Waals surface area contributed by atoms with E-state index in [1.54, 1.807) is 11.9 Å². The highest BCUT2D eigenvalue weighted by Crippen LogP contribution is 2.37. The largest absolute Gasteiger partial charge is 0.376 e. The minimum absolute atomic E-state index is 0.0210. The highest BCUT2D eigenvalue weighted by molar-refractivity contribution is 6.36. The Balaban J connectivity index is 1.45. The number of para-hydroxylation sites is 2. The molecule has 0 saturated carbocycles. The SMILES string of the molecule is CN1C(=O)/C(=C/c2cn(CC(=O)NCC3CCCO3)c3ccccc23)c2ccccc21. The first-order valence-electron chi connectivity index (χ1n) is 10.7. The lowest BCUT2D eigenvalue weighted by Crippen LogP contribution is -2.34. The number of carbonyl (C=O) groups is 2. The van der Waals surface area contributed by atoms with Gasteiger partial charge in [-0.1, -0.05) is 36.4 Å². The molecule has 0 bridgehead atoms. The van der Waals surface area contributed by atoms with Crippen molar-refractivity contribution in [2.45, 2.75) is 25.5 Å². The van der Waals surface area contributed by atoms with Crippen LogP contribution in [0.2, 0.25) is 0 Å². The van der Waals surface area contributed by atoms with Crippen molar-refractivity contribution < 1.29 is 14.3 Å². The number of nitrogens with zero attached hydrogens (tertiary/aromatic N) is 2. The molecule has 1 atom stereocenters. The van der Waals surface area contributed by atoms with Gasteiger partial charge in [0.2, 0.25) is 5.91 Å². The van der Waals surface area contributed by atoms with Crippen LogP contribution in [0, 0.1) is 0 Å². The summed E-state index contributed by atoms with van der Waals surface area (Å²) in [7, 11) is 1.80. The molecule has 1 N–H and O–H groups in total. The second-order valence-electron chi connectivity index (χ2n) is 8.11. The van der Waals surface area contributed by atoms with Gasteiger partial charge in [-0.15, -0.1) is 0 Å². The molecule has 2 amide bonds. The average Bonchev–Trinajstić information content (AvgIpc) is 3.49. The molecule has 0 spiro atoms. The number of nitrogens with one attached hydrogen (secondary N) is 1. The van der Waals surface area contributed by atoms with Crippen molar-refractivity contribution in [3.8, 4) is 0 Å². The Hall–Kier alpha value is -3.38. The van der Waals surface area contributed by atoms with Gasteiger partial charge in [-0.25, -0.2) is 0 Å². The fourth-order valence-electron chi connectivity index (χ4n) is 4.46. The summed E-state index contributed by atoms with van der Waals surface area (Å²) in [6, 6.07) is 15.8. The van der Waals surface area contributed by atoms with E-state index in [1.807, 2.05) is 65.4 Å². The second-order valence-corrected chi connectivity index (χ2v) is 8.11. The third-order valence-electron chi connectivity index (χ3n) is 6.07. The van der Waals surface area contributed by atoms with Crippen molar-refractivity contribution >= 4 is 40.1 Å². The van der Waals surface area contributed by atoms with Crippen LogP contribution in [0.1, 0.15) is 24.0 Å². The number of rotatable bonds is 5. The molecule has 6 nitrogen and oxygen atoms in total. The summed E-state index contributed by atoms with van der Waals surface area (Å²) in [6.45, 7) is 1.55. The van der Waals surface area contributed by atoms with Crippen molar-refractivity contribution in [3.05, 3.63) is 65.9 Å². The molecule has 158 valence electrons. The average molecular weight is 415 g/mol. The second kappa shape index (κ2) is 8.04. The van der Waals surface area contributed by atoms with E-state index in [0.29, 0.717) is 12.1 Å². The van der Waals surface area contributed by atoms with Crippen molar-refractivity contribution in [2.24, 2.45) is 0 Å². The van der Waals surface area contributed by atoms with Gasteiger partial charge in [0.1, 0.15) is 6.54 Å². The maximum absolute atomic E-state index is 12.9. The minimum Gasteiger partial charge on any atom is -0.376 e. The smallest absolute Gasteiger partial charge is 0.258 e. The molecule has 6 heteroatoms. The van der Waals surface area contributed by atoms with E-state index in [4.69, 9.17) is 4.74 Å². The van der Waals surface area contributed by atoms with Crippen molar-refractivity contribution in [1.82, 2.24) is 9.88 Å². The molecular weight excluding hydrogens is 390 g/mol. The van der Waals surface area contributed by atoms with E-state index in [1.165, 1.54) is 0 Å². The molecule has 1 saturated heterocycles. The lowest BCUT2D eigenvalue weighted by Gasteiger charge is -2.11. The summed E-state index contributed by atoms with van der Waals surface area (Å²) < 4.78 is 7.53. The van der Waals surface area contributed by atoms with Gasteiger partial charge < -0.3 is 19.5 Å². The number of fused-ring (bicyclic) bond motifs is 2. The maximum atomic E-state index is 12.9. The molecule has 3 aromatic rings.